The van der Waals surface area contributed by atoms with Gasteiger partial charge in [0.25, 0.3) is 0 Å². The highest BCUT2D eigenvalue weighted by molar-refractivity contribution is 5.61. The van der Waals surface area contributed by atoms with Crippen LogP contribution in [0.3, 0.4) is 0 Å². The topological polar surface area (TPSA) is 41.1 Å². The van der Waals surface area contributed by atoms with E-state index in [1.807, 2.05) is 35.2 Å². The van der Waals surface area contributed by atoms with E-state index in [4.69, 9.17) is 0 Å². The molecule has 0 atom stereocenters. The summed E-state index contributed by atoms with van der Waals surface area (Å²) in [5.74, 6) is 0.312. The fraction of sp³-hybridized carbons (Fsp3) is 0.333. The minimum absolute atomic E-state index is 0.309. The Morgan fingerprint density at radius 3 is 2.65 bits per heavy atom. The van der Waals surface area contributed by atoms with E-state index in [0.717, 1.165) is 25.1 Å². The lowest BCUT2D eigenvalue weighted by atomic mass is 10.2. The molecule has 1 heterocycles. The maximum absolute atomic E-state index is 14.1. The van der Waals surface area contributed by atoms with Gasteiger partial charge in [-0.25, -0.2) is 9.37 Å². The molecule has 5 heteroatoms. The van der Waals surface area contributed by atoms with Crippen molar-refractivity contribution < 1.29 is 4.39 Å². The molecule has 20 heavy (non-hydrogen) atoms. The predicted molar refractivity (Wildman–Crippen MR) is 79.9 cm³/mol. The Morgan fingerprint density at radius 1 is 1.25 bits per heavy atom. The van der Waals surface area contributed by atoms with Gasteiger partial charge < -0.3 is 10.2 Å². The molecule has 0 aliphatic heterocycles. The van der Waals surface area contributed by atoms with Crippen LogP contribution in [0.1, 0.15) is 19.8 Å². The Hall–Kier alpha value is -2.17. The highest BCUT2D eigenvalue weighted by atomic mass is 19.1. The van der Waals surface area contributed by atoms with Gasteiger partial charge in [0.15, 0.2) is 11.6 Å². The van der Waals surface area contributed by atoms with E-state index in [9.17, 15) is 4.39 Å². The molecule has 0 unspecified atom stereocenters. The Kier molecular flexibility index (Phi) is 4.87. The van der Waals surface area contributed by atoms with Gasteiger partial charge in [-0.05, 0) is 18.6 Å². The summed E-state index contributed by atoms with van der Waals surface area (Å²) in [6, 6.07) is 9.72. The number of halogens is 1. The summed E-state index contributed by atoms with van der Waals surface area (Å²) in [4.78, 5) is 10.0. The third-order valence-corrected chi connectivity index (χ3v) is 3.01. The van der Waals surface area contributed by atoms with Crippen molar-refractivity contribution in [2.45, 2.75) is 19.8 Å². The molecular formula is C15H19FN4. The number of benzene rings is 1. The molecule has 0 radical (unpaired) electrons. The first-order valence-corrected chi connectivity index (χ1v) is 6.79. The van der Waals surface area contributed by atoms with Gasteiger partial charge in [-0.15, -0.1) is 0 Å². The molecule has 0 saturated heterocycles. The van der Waals surface area contributed by atoms with Crippen molar-refractivity contribution in [1.29, 1.82) is 0 Å². The number of aromatic nitrogens is 2. The van der Waals surface area contributed by atoms with Crippen molar-refractivity contribution in [2.75, 3.05) is 23.8 Å². The summed E-state index contributed by atoms with van der Waals surface area (Å²) in [7, 11) is 1.72. The molecule has 0 amide bonds. The Morgan fingerprint density at radius 2 is 2.00 bits per heavy atom. The van der Waals surface area contributed by atoms with E-state index in [-0.39, 0.29) is 0 Å². The Balaban J connectivity index is 2.40. The molecule has 106 valence electrons. The van der Waals surface area contributed by atoms with Crippen LogP contribution in [0, 0.1) is 5.82 Å². The fourth-order valence-electron chi connectivity index (χ4n) is 1.95. The van der Waals surface area contributed by atoms with Crippen LogP contribution < -0.4 is 10.2 Å². The van der Waals surface area contributed by atoms with Crippen LogP contribution in [0.2, 0.25) is 0 Å². The second-order valence-corrected chi connectivity index (χ2v) is 4.46. The fourth-order valence-corrected chi connectivity index (χ4v) is 1.95. The van der Waals surface area contributed by atoms with Crippen molar-refractivity contribution >= 4 is 17.5 Å². The summed E-state index contributed by atoms with van der Waals surface area (Å²) in [6.07, 6.45) is 3.21. The van der Waals surface area contributed by atoms with Crippen molar-refractivity contribution in [3.8, 4) is 0 Å². The van der Waals surface area contributed by atoms with Crippen molar-refractivity contribution in [2.24, 2.45) is 0 Å². The van der Waals surface area contributed by atoms with Crippen LogP contribution in [0.5, 0.6) is 0 Å². The lowest BCUT2D eigenvalue weighted by Gasteiger charge is -2.24. The van der Waals surface area contributed by atoms with E-state index in [1.165, 1.54) is 6.20 Å². The minimum atomic E-state index is -0.413. The first-order chi connectivity index (χ1) is 9.76. The molecule has 0 aliphatic rings. The summed E-state index contributed by atoms with van der Waals surface area (Å²) < 4.78 is 14.1. The third kappa shape index (κ3) is 3.23. The third-order valence-electron chi connectivity index (χ3n) is 3.01. The van der Waals surface area contributed by atoms with Crippen LogP contribution in [0.15, 0.2) is 36.5 Å². The highest BCUT2D eigenvalue weighted by Gasteiger charge is 2.16. The Labute approximate surface area is 118 Å². The molecule has 2 aromatic rings. The van der Waals surface area contributed by atoms with Crippen molar-refractivity contribution in [3.05, 3.63) is 42.3 Å². The smallest absolute Gasteiger partial charge is 0.224 e. The molecule has 4 nitrogen and oxygen atoms in total. The molecule has 0 aliphatic carbocycles. The SMILES string of the molecule is CCCCN(c1ccccc1)c1nc(NC)ncc1F. The van der Waals surface area contributed by atoms with E-state index >= 15 is 0 Å². The van der Waals surface area contributed by atoms with Gasteiger partial charge in [0.05, 0.1) is 6.20 Å². The van der Waals surface area contributed by atoms with Crippen LogP contribution in [-0.4, -0.2) is 23.6 Å². The molecule has 0 spiro atoms. The zero-order valence-electron chi connectivity index (χ0n) is 11.8. The maximum atomic E-state index is 14.1. The average molecular weight is 274 g/mol. The average Bonchev–Trinajstić information content (AvgIpc) is 2.50. The van der Waals surface area contributed by atoms with Gasteiger partial charge in [0, 0.05) is 19.3 Å². The number of para-hydroxylation sites is 1. The van der Waals surface area contributed by atoms with Crippen LogP contribution in [0.25, 0.3) is 0 Å². The normalized spacial score (nSPS) is 10.3. The van der Waals surface area contributed by atoms with Crippen LogP contribution in [-0.2, 0) is 0 Å². The van der Waals surface area contributed by atoms with E-state index in [0.29, 0.717) is 11.8 Å². The number of nitrogens with one attached hydrogen (secondary N) is 1. The monoisotopic (exact) mass is 274 g/mol. The second kappa shape index (κ2) is 6.84. The number of anilines is 3. The van der Waals surface area contributed by atoms with Gasteiger partial charge >= 0.3 is 0 Å². The zero-order chi connectivity index (χ0) is 14.4. The second-order valence-electron chi connectivity index (χ2n) is 4.46. The van der Waals surface area contributed by atoms with Crippen LogP contribution >= 0.6 is 0 Å². The molecule has 1 N–H and O–H groups in total. The molecule has 2 rings (SSSR count). The number of hydrogen-bond acceptors (Lipinski definition) is 4. The molecule has 0 fully saturated rings. The molecule has 1 aromatic carbocycles. The maximum Gasteiger partial charge on any atom is 0.224 e. The summed E-state index contributed by atoms with van der Waals surface area (Å²) in [5.41, 5.74) is 0.931. The Bertz CT molecular complexity index is 545. The van der Waals surface area contributed by atoms with E-state index < -0.39 is 5.82 Å². The lowest BCUT2D eigenvalue weighted by molar-refractivity contribution is 0.608. The first kappa shape index (κ1) is 14.2. The number of nitrogens with zero attached hydrogens (tertiary/aromatic N) is 3. The number of unbranched alkanes of at least 4 members (excludes halogenated alkanes) is 1. The van der Waals surface area contributed by atoms with Crippen molar-refractivity contribution in [1.82, 2.24) is 9.97 Å². The predicted octanol–water partition coefficient (Wildman–Crippen LogP) is 3.60. The molecular weight excluding hydrogens is 255 g/mol. The van der Waals surface area contributed by atoms with Gasteiger partial charge in [0.2, 0.25) is 5.95 Å². The number of rotatable bonds is 6. The summed E-state index contributed by atoms with van der Waals surface area (Å²) in [5, 5.41) is 2.84. The minimum Gasteiger partial charge on any atom is -0.357 e. The highest BCUT2D eigenvalue weighted by Crippen LogP contribution is 2.26. The number of hydrogen-bond donors (Lipinski definition) is 1. The molecule has 0 bridgehead atoms. The van der Waals surface area contributed by atoms with Gasteiger partial charge in [-0.3, -0.25) is 0 Å². The summed E-state index contributed by atoms with van der Waals surface area (Å²) in [6.45, 7) is 2.83. The standard InChI is InChI=1S/C15H19FN4/c1-3-4-10-20(12-8-6-5-7-9-12)14-13(16)11-18-15(17-2)19-14/h5-9,11H,3-4,10H2,1-2H3,(H,17,18,19). The molecule has 1 aromatic heterocycles. The van der Waals surface area contributed by atoms with E-state index in [2.05, 4.69) is 22.2 Å². The first-order valence-electron chi connectivity index (χ1n) is 6.79. The van der Waals surface area contributed by atoms with Gasteiger partial charge in [-0.1, -0.05) is 31.5 Å². The van der Waals surface area contributed by atoms with Gasteiger partial charge in [0.1, 0.15) is 0 Å². The van der Waals surface area contributed by atoms with Gasteiger partial charge in [-0.2, -0.15) is 4.98 Å². The molecule has 0 saturated carbocycles. The van der Waals surface area contributed by atoms with Crippen LogP contribution in [0.4, 0.5) is 21.8 Å². The quantitative estimate of drug-likeness (QED) is 0.874. The van der Waals surface area contributed by atoms with E-state index in [1.54, 1.807) is 7.05 Å². The lowest BCUT2D eigenvalue weighted by Crippen LogP contribution is -2.21. The summed E-state index contributed by atoms with van der Waals surface area (Å²) >= 11 is 0. The largest absolute Gasteiger partial charge is 0.357 e. The zero-order valence-corrected chi connectivity index (χ0v) is 11.8. The van der Waals surface area contributed by atoms with Crippen molar-refractivity contribution in [3.63, 3.8) is 0 Å².